The number of nitrogens with one attached hydrogen (secondary N) is 2. The summed E-state index contributed by atoms with van der Waals surface area (Å²) in [6.07, 6.45) is 2.32. The van der Waals surface area contributed by atoms with Gasteiger partial charge in [0.1, 0.15) is 5.82 Å². The van der Waals surface area contributed by atoms with E-state index in [4.69, 9.17) is 4.74 Å². The van der Waals surface area contributed by atoms with Crippen molar-refractivity contribution in [3.05, 3.63) is 66.2 Å². The van der Waals surface area contributed by atoms with E-state index in [1.807, 2.05) is 42.5 Å². The van der Waals surface area contributed by atoms with E-state index in [0.717, 1.165) is 35.6 Å². The fourth-order valence-electron chi connectivity index (χ4n) is 2.74. The lowest BCUT2D eigenvalue weighted by molar-refractivity contribution is 0.0601. The number of rotatable bonds is 6. The van der Waals surface area contributed by atoms with Crippen LogP contribution >= 0.6 is 0 Å². The highest BCUT2D eigenvalue weighted by Gasteiger charge is 2.22. The average Bonchev–Trinajstić information content (AvgIpc) is 3.52. The van der Waals surface area contributed by atoms with E-state index in [2.05, 4.69) is 20.6 Å². The molecule has 1 aliphatic carbocycles. The molecule has 2 aromatic carbocycles. The Kier molecular flexibility index (Phi) is 4.70. The molecule has 27 heavy (non-hydrogen) atoms. The molecule has 1 heterocycles. The Morgan fingerprint density at radius 2 is 1.85 bits per heavy atom. The van der Waals surface area contributed by atoms with Gasteiger partial charge in [-0.05, 0) is 31.0 Å². The maximum absolute atomic E-state index is 11.7. The van der Waals surface area contributed by atoms with Crippen LogP contribution in [0.5, 0.6) is 0 Å². The monoisotopic (exact) mass is 360 g/mol. The molecule has 6 heteroatoms. The fraction of sp³-hybridized carbons (Fsp3) is 0.190. The predicted molar refractivity (Wildman–Crippen MR) is 105 cm³/mol. The van der Waals surface area contributed by atoms with Crippen molar-refractivity contribution in [1.29, 1.82) is 0 Å². The summed E-state index contributed by atoms with van der Waals surface area (Å²) in [7, 11) is 1.37. The summed E-state index contributed by atoms with van der Waals surface area (Å²) in [5.74, 6) is 0.883. The molecule has 0 amide bonds. The highest BCUT2D eigenvalue weighted by molar-refractivity contribution is 5.90. The SMILES string of the molecule is COC(=O)c1cccc(Nc2nc(NC3CC3)cc(-c3ccccc3)n2)c1. The van der Waals surface area contributed by atoms with Crippen molar-refractivity contribution in [3.8, 4) is 11.3 Å². The molecule has 1 aliphatic rings. The van der Waals surface area contributed by atoms with Crippen molar-refractivity contribution in [1.82, 2.24) is 9.97 Å². The summed E-state index contributed by atoms with van der Waals surface area (Å²) < 4.78 is 4.78. The molecule has 136 valence electrons. The van der Waals surface area contributed by atoms with E-state index in [0.29, 0.717) is 17.6 Å². The molecule has 0 spiro atoms. The second-order valence-electron chi connectivity index (χ2n) is 6.44. The third-order valence-electron chi connectivity index (χ3n) is 4.26. The smallest absolute Gasteiger partial charge is 0.337 e. The molecular weight excluding hydrogens is 340 g/mol. The molecule has 6 nitrogen and oxygen atoms in total. The van der Waals surface area contributed by atoms with Gasteiger partial charge in [0.05, 0.1) is 18.4 Å². The Hall–Kier alpha value is -3.41. The zero-order valence-electron chi connectivity index (χ0n) is 15.0. The van der Waals surface area contributed by atoms with Gasteiger partial charge >= 0.3 is 5.97 Å². The molecule has 0 aliphatic heterocycles. The molecule has 2 N–H and O–H groups in total. The topological polar surface area (TPSA) is 76.1 Å². The summed E-state index contributed by atoms with van der Waals surface area (Å²) in [4.78, 5) is 21.0. The number of anilines is 3. The fourth-order valence-corrected chi connectivity index (χ4v) is 2.74. The number of esters is 1. The third-order valence-corrected chi connectivity index (χ3v) is 4.26. The minimum Gasteiger partial charge on any atom is -0.465 e. The summed E-state index contributed by atoms with van der Waals surface area (Å²) in [5, 5.41) is 6.62. The molecule has 0 saturated heterocycles. The van der Waals surface area contributed by atoms with E-state index in [-0.39, 0.29) is 5.97 Å². The molecular formula is C21H20N4O2. The van der Waals surface area contributed by atoms with E-state index in [9.17, 15) is 4.79 Å². The quantitative estimate of drug-likeness (QED) is 0.640. The maximum Gasteiger partial charge on any atom is 0.337 e. The lowest BCUT2D eigenvalue weighted by atomic mass is 10.1. The summed E-state index contributed by atoms with van der Waals surface area (Å²) in [5.41, 5.74) is 3.05. The number of aromatic nitrogens is 2. The lowest BCUT2D eigenvalue weighted by Crippen LogP contribution is -2.07. The number of hydrogen-bond acceptors (Lipinski definition) is 6. The van der Waals surface area contributed by atoms with Gasteiger partial charge in [-0.25, -0.2) is 9.78 Å². The summed E-state index contributed by atoms with van der Waals surface area (Å²) in [6, 6.07) is 19.5. The number of ether oxygens (including phenoxy) is 1. The van der Waals surface area contributed by atoms with Crippen LogP contribution in [0.25, 0.3) is 11.3 Å². The van der Waals surface area contributed by atoms with Crippen molar-refractivity contribution < 1.29 is 9.53 Å². The molecule has 1 fully saturated rings. The highest BCUT2D eigenvalue weighted by atomic mass is 16.5. The minimum atomic E-state index is -0.381. The first-order valence-corrected chi connectivity index (χ1v) is 8.88. The Labute approximate surface area is 157 Å². The van der Waals surface area contributed by atoms with Crippen LogP contribution in [-0.2, 0) is 4.74 Å². The van der Waals surface area contributed by atoms with Gasteiger partial charge in [-0.2, -0.15) is 4.98 Å². The average molecular weight is 360 g/mol. The summed E-state index contributed by atoms with van der Waals surface area (Å²) >= 11 is 0. The number of nitrogens with zero attached hydrogens (tertiary/aromatic N) is 2. The minimum absolute atomic E-state index is 0.381. The van der Waals surface area contributed by atoms with Crippen molar-refractivity contribution in [2.75, 3.05) is 17.7 Å². The van der Waals surface area contributed by atoms with Gasteiger partial charge in [0.15, 0.2) is 0 Å². The highest BCUT2D eigenvalue weighted by Crippen LogP contribution is 2.28. The van der Waals surface area contributed by atoms with Crippen molar-refractivity contribution in [2.24, 2.45) is 0 Å². The molecule has 3 aromatic rings. The molecule has 1 aromatic heterocycles. The van der Waals surface area contributed by atoms with Gasteiger partial charge in [0, 0.05) is 23.4 Å². The van der Waals surface area contributed by atoms with Crippen molar-refractivity contribution in [3.63, 3.8) is 0 Å². The molecule has 0 unspecified atom stereocenters. The second kappa shape index (κ2) is 7.45. The number of benzene rings is 2. The molecule has 1 saturated carbocycles. The van der Waals surface area contributed by atoms with Gasteiger partial charge in [-0.3, -0.25) is 0 Å². The van der Waals surface area contributed by atoms with Crippen LogP contribution in [0, 0.1) is 0 Å². The zero-order chi connectivity index (χ0) is 18.6. The Morgan fingerprint density at radius 3 is 2.59 bits per heavy atom. The second-order valence-corrected chi connectivity index (χ2v) is 6.44. The number of carbonyl (C=O) groups excluding carboxylic acids is 1. The standard InChI is InChI=1S/C21H20N4O2/c1-27-20(26)15-8-5-9-17(12-15)23-21-24-18(14-6-3-2-4-7-14)13-19(25-21)22-16-10-11-16/h2-9,12-13,16H,10-11H2,1H3,(H2,22,23,24,25). The van der Waals surface area contributed by atoms with Crippen molar-refractivity contribution >= 4 is 23.4 Å². The van der Waals surface area contributed by atoms with E-state index in [1.54, 1.807) is 18.2 Å². The van der Waals surface area contributed by atoms with Gasteiger partial charge in [-0.1, -0.05) is 36.4 Å². The van der Waals surface area contributed by atoms with E-state index < -0.39 is 0 Å². The molecule has 4 rings (SSSR count). The third kappa shape index (κ3) is 4.23. The van der Waals surface area contributed by atoms with Gasteiger partial charge < -0.3 is 15.4 Å². The predicted octanol–water partition coefficient (Wildman–Crippen LogP) is 4.25. The van der Waals surface area contributed by atoms with E-state index in [1.165, 1.54) is 7.11 Å². The Balaban J connectivity index is 1.66. The van der Waals surface area contributed by atoms with Gasteiger partial charge in [0.25, 0.3) is 0 Å². The Bertz CT molecular complexity index is 955. The van der Waals surface area contributed by atoms with Crippen LogP contribution in [0.1, 0.15) is 23.2 Å². The lowest BCUT2D eigenvalue weighted by Gasteiger charge is -2.11. The van der Waals surface area contributed by atoms with Gasteiger partial charge in [-0.15, -0.1) is 0 Å². The van der Waals surface area contributed by atoms with Crippen molar-refractivity contribution in [2.45, 2.75) is 18.9 Å². The van der Waals surface area contributed by atoms with Crippen LogP contribution in [-0.4, -0.2) is 29.1 Å². The first kappa shape index (κ1) is 17.0. The van der Waals surface area contributed by atoms with Crippen LogP contribution in [0.2, 0.25) is 0 Å². The zero-order valence-corrected chi connectivity index (χ0v) is 15.0. The normalized spacial score (nSPS) is 13.1. The number of methoxy groups -OCH3 is 1. The Morgan fingerprint density at radius 1 is 1.04 bits per heavy atom. The largest absolute Gasteiger partial charge is 0.465 e. The first-order valence-electron chi connectivity index (χ1n) is 8.88. The van der Waals surface area contributed by atoms with Crippen LogP contribution < -0.4 is 10.6 Å². The molecule has 0 bridgehead atoms. The van der Waals surface area contributed by atoms with Crippen LogP contribution in [0.4, 0.5) is 17.5 Å². The number of hydrogen-bond donors (Lipinski definition) is 2. The number of carbonyl (C=O) groups is 1. The molecule has 0 atom stereocenters. The van der Waals surface area contributed by atoms with Gasteiger partial charge in [0.2, 0.25) is 5.95 Å². The maximum atomic E-state index is 11.7. The van der Waals surface area contributed by atoms with E-state index >= 15 is 0 Å². The first-order chi connectivity index (χ1) is 13.2. The van der Waals surface area contributed by atoms with Crippen LogP contribution in [0.3, 0.4) is 0 Å². The summed E-state index contributed by atoms with van der Waals surface area (Å²) in [6.45, 7) is 0. The van der Waals surface area contributed by atoms with Crippen LogP contribution in [0.15, 0.2) is 60.7 Å². The molecule has 0 radical (unpaired) electrons.